The number of carbonyl (C=O) groups is 1. The predicted octanol–water partition coefficient (Wildman–Crippen LogP) is 2.44. The number of carbonyl (C=O) groups excluding carboxylic acids is 1. The summed E-state index contributed by atoms with van der Waals surface area (Å²) in [6.07, 6.45) is -4.65. The molecule has 0 fully saturated rings. The Hall–Kier alpha value is -1.72. The van der Waals surface area contributed by atoms with Crippen molar-refractivity contribution in [1.29, 1.82) is 0 Å². The SMILES string of the molecule is C=O.CNc1ccccc1OC(F)(F)F. The first-order valence-electron chi connectivity index (χ1n) is 3.84. The van der Waals surface area contributed by atoms with Gasteiger partial charge in [0, 0.05) is 7.05 Å². The molecule has 15 heavy (non-hydrogen) atoms. The highest BCUT2D eigenvalue weighted by molar-refractivity contribution is 5.55. The molecule has 0 saturated carbocycles. The van der Waals surface area contributed by atoms with Crippen LogP contribution in [0.25, 0.3) is 0 Å². The lowest BCUT2D eigenvalue weighted by Gasteiger charge is -2.12. The number of rotatable bonds is 2. The second-order valence-electron chi connectivity index (χ2n) is 2.29. The summed E-state index contributed by atoms with van der Waals surface area (Å²) in [7, 11) is 1.53. The van der Waals surface area contributed by atoms with E-state index in [4.69, 9.17) is 4.79 Å². The van der Waals surface area contributed by atoms with Crippen molar-refractivity contribution < 1.29 is 22.7 Å². The zero-order chi connectivity index (χ0) is 11.9. The van der Waals surface area contributed by atoms with Gasteiger partial charge >= 0.3 is 6.36 Å². The molecule has 0 atom stereocenters. The number of anilines is 1. The molecule has 0 unspecified atom stereocenters. The summed E-state index contributed by atoms with van der Waals surface area (Å²) in [6, 6.07) is 5.84. The molecule has 1 N–H and O–H groups in total. The molecule has 3 nitrogen and oxygen atoms in total. The smallest absolute Gasteiger partial charge is 0.404 e. The van der Waals surface area contributed by atoms with Gasteiger partial charge in [0.25, 0.3) is 0 Å². The van der Waals surface area contributed by atoms with Crippen molar-refractivity contribution >= 4 is 12.5 Å². The Bertz CT molecular complexity index is 302. The Morgan fingerprint density at radius 3 is 2.27 bits per heavy atom. The van der Waals surface area contributed by atoms with E-state index in [1.54, 1.807) is 6.07 Å². The molecule has 0 saturated heterocycles. The fourth-order valence-corrected chi connectivity index (χ4v) is 0.887. The van der Waals surface area contributed by atoms with Crippen LogP contribution in [0.5, 0.6) is 5.75 Å². The Morgan fingerprint density at radius 1 is 1.27 bits per heavy atom. The average Bonchev–Trinajstić information content (AvgIpc) is 2.19. The minimum Gasteiger partial charge on any atom is -0.404 e. The molecule has 0 aromatic heterocycles. The van der Waals surface area contributed by atoms with Gasteiger partial charge in [0.1, 0.15) is 6.79 Å². The summed E-state index contributed by atoms with van der Waals surface area (Å²) in [6.45, 7) is 2.00. The van der Waals surface area contributed by atoms with Crippen LogP contribution in [0, 0.1) is 0 Å². The predicted molar refractivity (Wildman–Crippen MR) is 49.8 cm³/mol. The summed E-state index contributed by atoms with van der Waals surface area (Å²) < 4.78 is 39.2. The van der Waals surface area contributed by atoms with E-state index in [0.717, 1.165) is 0 Å². The molecule has 84 valence electrons. The van der Waals surface area contributed by atoms with E-state index < -0.39 is 6.36 Å². The number of nitrogens with one attached hydrogen (secondary N) is 1. The Labute approximate surface area is 84.9 Å². The monoisotopic (exact) mass is 221 g/mol. The van der Waals surface area contributed by atoms with Crippen LogP contribution >= 0.6 is 0 Å². The molecule has 1 aromatic carbocycles. The van der Waals surface area contributed by atoms with Gasteiger partial charge in [-0.1, -0.05) is 12.1 Å². The minimum absolute atomic E-state index is 0.225. The zero-order valence-electron chi connectivity index (χ0n) is 7.97. The number of hydrogen-bond donors (Lipinski definition) is 1. The van der Waals surface area contributed by atoms with Crippen LogP contribution in [0.15, 0.2) is 24.3 Å². The van der Waals surface area contributed by atoms with Crippen LogP contribution in [0.2, 0.25) is 0 Å². The molecule has 0 spiro atoms. The van der Waals surface area contributed by atoms with Crippen molar-refractivity contribution in [3.8, 4) is 5.75 Å². The van der Waals surface area contributed by atoms with Crippen molar-refractivity contribution in [2.45, 2.75) is 6.36 Å². The second kappa shape index (κ2) is 5.90. The maximum absolute atomic E-state index is 11.8. The fourth-order valence-electron chi connectivity index (χ4n) is 0.887. The van der Waals surface area contributed by atoms with Crippen molar-refractivity contribution in [3.05, 3.63) is 24.3 Å². The van der Waals surface area contributed by atoms with E-state index in [2.05, 4.69) is 10.1 Å². The molecule has 0 aliphatic heterocycles. The number of halogens is 3. The van der Waals surface area contributed by atoms with Gasteiger partial charge in [0.05, 0.1) is 5.69 Å². The lowest BCUT2D eigenvalue weighted by Crippen LogP contribution is -2.17. The highest BCUT2D eigenvalue weighted by atomic mass is 19.4. The number of alkyl halides is 3. The lowest BCUT2D eigenvalue weighted by atomic mass is 10.3. The third-order valence-electron chi connectivity index (χ3n) is 1.38. The summed E-state index contributed by atoms with van der Waals surface area (Å²) in [5.41, 5.74) is 0.305. The van der Waals surface area contributed by atoms with Crippen LogP contribution < -0.4 is 10.1 Å². The quantitative estimate of drug-likeness (QED) is 0.833. The lowest BCUT2D eigenvalue weighted by molar-refractivity contribution is -0.274. The van der Waals surface area contributed by atoms with Crippen molar-refractivity contribution in [3.63, 3.8) is 0 Å². The van der Waals surface area contributed by atoms with Crippen LogP contribution in [0.3, 0.4) is 0 Å². The van der Waals surface area contributed by atoms with Crippen LogP contribution in [-0.4, -0.2) is 20.2 Å². The Balaban J connectivity index is 0.000000921. The molecule has 1 aromatic rings. The van der Waals surface area contributed by atoms with Gasteiger partial charge in [-0.3, -0.25) is 0 Å². The Morgan fingerprint density at radius 2 is 1.80 bits per heavy atom. The van der Waals surface area contributed by atoms with Gasteiger partial charge in [-0.2, -0.15) is 0 Å². The maximum Gasteiger partial charge on any atom is 0.573 e. The normalized spacial score (nSPS) is 9.87. The topological polar surface area (TPSA) is 38.3 Å². The Kier molecular flexibility index (Phi) is 5.22. The highest BCUT2D eigenvalue weighted by Crippen LogP contribution is 2.29. The standard InChI is InChI=1S/C8H8F3NO.CH2O/c1-12-6-4-2-3-5-7(6)13-8(9,10)11;1-2/h2-5,12H,1H3;1H2. The number of para-hydroxylation sites is 2. The molecule has 0 radical (unpaired) electrons. The molecule has 0 amide bonds. The van der Waals surface area contributed by atoms with Gasteiger partial charge in [-0.05, 0) is 12.1 Å². The van der Waals surface area contributed by atoms with Gasteiger partial charge in [-0.25, -0.2) is 0 Å². The summed E-state index contributed by atoms with van der Waals surface area (Å²) in [5, 5.41) is 2.59. The molecule has 0 heterocycles. The first-order chi connectivity index (χ1) is 7.03. The van der Waals surface area contributed by atoms with Crippen molar-refractivity contribution in [2.24, 2.45) is 0 Å². The van der Waals surface area contributed by atoms with E-state index in [1.807, 2.05) is 6.79 Å². The summed E-state index contributed by atoms with van der Waals surface area (Å²) in [5.74, 6) is -0.225. The molecule has 0 aliphatic rings. The minimum atomic E-state index is -4.65. The zero-order valence-corrected chi connectivity index (χ0v) is 7.97. The van der Waals surface area contributed by atoms with E-state index in [-0.39, 0.29) is 5.75 Å². The maximum atomic E-state index is 11.8. The molecule has 6 heteroatoms. The highest BCUT2D eigenvalue weighted by Gasteiger charge is 2.31. The van der Waals surface area contributed by atoms with Crippen LogP contribution in [0.4, 0.5) is 18.9 Å². The average molecular weight is 221 g/mol. The van der Waals surface area contributed by atoms with Crippen molar-refractivity contribution in [2.75, 3.05) is 12.4 Å². The van der Waals surface area contributed by atoms with E-state index in [1.165, 1.54) is 25.2 Å². The summed E-state index contributed by atoms with van der Waals surface area (Å²) in [4.78, 5) is 8.00. The molecule has 0 aliphatic carbocycles. The van der Waals surface area contributed by atoms with Gasteiger partial charge in [0.2, 0.25) is 0 Å². The molecule has 1 rings (SSSR count). The fraction of sp³-hybridized carbons (Fsp3) is 0.222. The second-order valence-corrected chi connectivity index (χ2v) is 2.29. The van der Waals surface area contributed by atoms with Crippen LogP contribution in [-0.2, 0) is 4.79 Å². The first kappa shape index (κ1) is 13.3. The third kappa shape index (κ3) is 4.90. The third-order valence-corrected chi connectivity index (χ3v) is 1.38. The van der Waals surface area contributed by atoms with E-state index in [0.29, 0.717) is 5.69 Å². The number of hydrogen-bond acceptors (Lipinski definition) is 3. The van der Waals surface area contributed by atoms with Crippen LogP contribution in [0.1, 0.15) is 0 Å². The largest absolute Gasteiger partial charge is 0.573 e. The molecule has 0 bridgehead atoms. The number of benzene rings is 1. The van der Waals surface area contributed by atoms with E-state index >= 15 is 0 Å². The molecular weight excluding hydrogens is 211 g/mol. The van der Waals surface area contributed by atoms with Gasteiger partial charge in [0.15, 0.2) is 5.75 Å². The molecular formula is C9H10F3NO2. The van der Waals surface area contributed by atoms with E-state index in [9.17, 15) is 13.2 Å². The van der Waals surface area contributed by atoms with Crippen molar-refractivity contribution in [1.82, 2.24) is 0 Å². The van der Waals surface area contributed by atoms with Gasteiger partial charge < -0.3 is 14.8 Å². The van der Waals surface area contributed by atoms with Gasteiger partial charge in [-0.15, -0.1) is 13.2 Å². The number of ether oxygens (including phenoxy) is 1. The first-order valence-corrected chi connectivity index (χ1v) is 3.84. The summed E-state index contributed by atoms with van der Waals surface area (Å²) >= 11 is 0.